The number of ketones is 1. The Morgan fingerprint density at radius 1 is 0.867 bits per heavy atom. The first-order valence-corrected chi connectivity index (χ1v) is 11.5. The molecule has 0 spiro atoms. The highest BCUT2D eigenvalue weighted by atomic mass is 79.9. The van der Waals surface area contributed by atoms with Crippen molar-refractivity contribution in [2.24, 2.45) is 0 Å². The number of rotatable bonds is 17. The van der Waals surface area contributed by atoms with Crippen LogP contribution in [0.3, 0.4) is 0 Å². The number of likely N-dealkylation sites (N-methyl/N-ethyl adjacent to an activating group) is 1. The van der Waals surface area contributed by atoms with Crippen molar-refractivity contribution in [3.8, 4) is 11.5 Å². The lowest BCUT2D eigenvalue weighted by Crippen LogP contribution is -3.00. The number of halogens is 1. The maximum atomic E-state index is 11.5. The zero-order valence-electron chi connectivity index (χ0n) is 20.0. The van der Waals surface area contributed by atoms with E-state index in [1.54, 1.807) is 26.2 Å². The van der Waals surface area contributed by atoms with Crippen LogP contribution >= 0.6 is 0 Å². The zero-order chi connectivity index (χ0) is 21.5. The van der Waals surface area contributed by atoms with Gasteiger partial charge in [-0.1, -0.05) is 58.3 Å². The summed E-state index contributed by atoms with van der Waals surface area (Å²) in [4.78, 5) is 11.5. The molecule has 0 bridgehead atoms. The average molecular weight is 487 g/mol. The molecule has 0 N–H and O–H groups in total. The lowest BCUT2D eigenvalue weighted by atomic mass is 10.1. The summed E-state index contributed by atoms with van der Waals surface area (Å²) in [6.07, 6.45) is 13.7. The minimum absolute atomic E-state index is 0. The van der Waals surface area contributed by atoms with Gasteiger partial charge in [0.15, 0.2) is 17.3 Å². The van der Waals surface area contributed by atoms with E-state index in [9.17, 15) is 4.79 Å². The van der Waals surface area contributed by atoms with Gasteiger partial charge in [-0.05, 0) is 38.0 Å². The molecule has 0 unspecified atom stereocenters. The quantitative estimate of drug-likeness (QED) is 0.193. The first-order valence-electron chi connectivity index (χ1n) is 11.5. The smallest absolute Gasteiger partial charge is 0.161 e. The van der Waals surface area contributed by atoms with Crippen LogP contribution in [0.4, 0.5) is 0 Å². The average Bonchev–Trinajstić information content (AvgIpc) is 2.69. The molecular formula is C25H44BrNO3. The molecule has 1 aromatic carbocycles. The van der Waals surface area contributed by atoms with Crippen LogP contribution < -0.4 is 26.5 Å². The summed E-state index contributed by atoms with van der Waals surface area (Å²) in [6.45, 7) is 6.61. The van der Waals surface area contributed by atoms with E-state index in [-0.39, 0.29) is 22.8 Å². The number of hydrogen-bond acceptors (Lipinski definition) is 3. The van der Waals surface area contributed by atoms with Gasteiger partial charge in [-0.2, -0.15) is 0 Å². The summed E-state index contributed by atoms with van der Waals surface area (Å²) in [5.41, 5.74) is 0.645. The number of quaternary nitrogens is 1. The standard InChI is InChI=1S/C25H44NO3.BrH/c1-6-7-8-9-10-11-12-13-14-15-18-26(3,4)19-20-29-24-17-16-23(22(2)27)21-25(24)28-5;/h16-17,21H,6-15,18-20H2,1-5H3;1H/q+1;/p-1. The Bertz CT molecular complexity index is 590. The van der Waals surface area contributed by atoms with Gasteiger partial charge in [0, 0.05) is 5.56 Å². The van der Waals surface area contributed by atoms with Crippen LogP contribution in [0.15, 0.2) is 18.2 Å². The Balaban J connectivity index is 0.00000841. The van der Waals surface area contributed by atoms with Gasteiger partial charge in [0.1, 0.15) is 13.2 Å². The summed E-state index contributed by atoms with van der Waals surface area (Å²) in [5.74, 6) is 1.36. The van der Waals surface area contributed by atoms with Crippen molar-refractivity contribution in [1.29, 1.82) is 0 Å². The summed E-state index contributed by atoms with van der Waals surface area (Å²) in [6, 6.07) is 5.38. The van der Waals surface area contributed by atoms with Crippen molar-refractivity contribution >= 4 is 5.78 Å². The van der Waals surface area contributed by atoms with E-state index in [4.69, 9.17) is 9.47 Å². The minimum Gasteiger partial charge on any atom is -1.00 e. The topological polar surface area (TPSA) is 35.5 Å². The van der Waals surface area contributed by atoms with E-state index in [1.165, 1.54) is 70.8 Å². The number of carbonyl (C=O) groups excluding carboxylic acids is 1. The lowest BCUT2D eigenvalue weighted by Gasteiger charge is -2.29. The fourth-order valence-electron chi connectivity index (χ4n) is 3.55. The number of methoxy groups -OCH3 is 1. The number of ether oxygens (including phenoxy) is 2. The molecule has 174 valence electrons. The fourth-order valence-corrected chi connectivity index (χ4v) is 3.55. The monoisotopic (exact) mass is 485 g/mol. The van der Waals surface area contributed by atoms with Crippen LogP contribution in [-0.2, 0) is 0 Å². The molecule has 0 aliphatic rings. The van der Waals surface area contributed by atoms with E-state index in [2.05, 4.69) is 21.0 Å². The largest absolute Gasteiger partial charge is 1.00 e. The first-order chi connectivity index (χ1) is 13.9. The number of unbranched alkanes of at least 4 members (excludes halogenated alkanes) is 9. The number of Topliss-reactive ketones (excluding diaryl/α,β-unsaturated/α-hetero) is 1. The maximum Gasteiger partial charge on any atom is 0.161 e. The molecule has 0 atom stereocenters. The molecule has 0 fully saturated rings. The molecule has 0 saturated heterocycles. The van der Waals surface area contributed by atoms with Crippen molar-refractivity contribution in [1.82, 2.24) is 0 Å². The highest BCUT2D eigenvalue weighted by molar-refractivity contribution is 5.94. The lowest BCUT2D eigenvalue weighted by molar-refractivity contribution is -0.890. The minimum atomic E-state index is 0. The predicted molar refractivity (Wildman–Crippen MR) is 122 cm³/mol. The van der Waals surface area contributed by atoms with Gasteiger partial charge in [0.2, 0.25) is 0 Å². The van der Waals surface area contributed by atoms with Crippen LogP contribution in [0, 0.1) is 0 Å². The third-order valence-electron chi connectivity index (χ3n) is 5.64. The molecular weight excluding hydrogens is 442 g/mol. The summed E-state index contributed by atoms with van der Waals surface area (Å²) in [7, 11) is 6.15. The molecule has 0 aromatic heterocycles. The number of benzene rings is 1. The van der Waals surface area contributed by atoms with Gasteiger partial charge in [-0.25, -0.2) is 0 Å². The van der Waals surface area contributed by atoms with Crippen LogP contribution in [0.1, 0.15) is 88.4 Å². The van der Waals surface area contributed by atoms with E-state index in [0.717, 1.165) is 11.0 Å². The molecule has 0 saturated carbocycles. The highest BCUT2D eigenvalue weighted by Crippen LogP contribution is 2.28. The van der Waals surface area contributed by atoms with E-state index < -0.39 is 0 Å². The summed E-state index contributed by atoms with van der Waals surface area (Å²) < 4.78 is 12.3. The molecule has 0 amide bonds. The van der Waals surface area contributed by atoms with Crippen molar-refractivity contribution in [3.63, 3.8) is 0 Å². The molecule has 0 aliphatic heterocycles. The fraction of sp³-hybridized carbons (Fsp3) is 0.720. The third-order valence-corrected chi connectivity index (χ3v) is 5.64. The summed E-state index contributed by atoms with van der Waals surface area (Å²) in [5, 5.41) is 0. The Morgan fingerprint density at radius 3 is 1.97 bits per heavy atom. The molecule has 1 rings (SSSR count). The SMILES string of the molecule is CCCCCCCCCCCC[N+](C)(C)CCOc1ccc(C(C)=O)cc1OC.[Br-]. The predicted octanol–water partition coefficient (Wildman–Crippen LogP) is 3.28. The van der Waals surface area contributed by atoms with Crippen molar-refractivity contribution in [3.05, 3.63) is 23.8 Å². The van der Waals surface area contributed by atoms with Gasteiger partial charge in [0.05, 0.1) is 27.7 Å². The molecule has 0 heterocycles. The van der Waals surface area contributed by atoms with Crippen molar-refractivity contribution in [2.75, 3.05) is 40.9 Å². The van der Waals surface area contributed by atoms with E-state index in [0.29, 0.717) is 23.7 Å². The third kappa shape index (κ3) is 12.6. The van der Waals surface area contributed by atoms with Crippen LogP contribution in [0.25, 0.3) is 0 Å². The number of carbonyl (C=O) groups is 1. The second-order valence-electron chi connectivity index (χ2n) is 8.84. The van der Waals surface area contributed by atoms with Gasteiger partial charge in [-0.15, -0.1) is 0 Å². The van der Waals surface area contributed by atoms with Gasteiger partial charge >= 0.3 is 0 Å². The Labute approximate surface area is 195 Å². The molecule has 1 aromatic rings. The Morgan fingerprint density at radius 2 is 1.43 bits per heavy atom. The van der Waals surface area contributed by atoms with Crippen molar-refractivity contribution in [2.45, 2.75) is 78.1 Å². The molecule has 5 heteroatoms. The number of hydrogen-bond donors (Lipinski definition) is 0. The molecule has 4 nitrogen and oxygen atoms in total. The zero-order valence-corrected chi connectivity index (χ0v) is 21.6. The normalized spacial score (nSPS) is 11.1. The Hall–Kier alpha value is -1.07. The second kappa shape index (κ2) is 16.6. The Kier molecular flexibility index (Phi) is 16.0. The van der Waals surface area contributed by atoms with E-state index in [1.807, 2.05) is 6.07 Å². The van der Waals surface area contributed by atoms with Crippen LogP contribution in [0.5, 0.6) is 11.5 Å². The van der Waals surface area contributed by atoms with Gasteiger partial charge < -0.3 is 30.9 Å². The van der Waals surface area contributed by atoms with Crippen LogP contribution in [-0.4, -0.2) is 51.2 Å². The molecule has 0 aliphatic carbocycles. The second-order valence-corrected chi connectivity index (χ2v) is 8.84. The van der Waals surface area contributed by atoms with Gasteiger partial charge in [0.25, 0.3) is 0 Å². The highest BCUT2D eigenvalue weighted by Gasteiger charge is 2.15. The maximum absolute atomic E-state index is 11.5. The summed E-state index contributed by atoms with van der Waals surface area (Å²) >= 11 is 0. The number of nitrogens with zero attached hydrogens (tertiary/aromatic N) is 1. The molecule has 30 heavy (non-hydrogen) atoms. The van der Waals surface area contributed by atoms with Crippen LogP contribution in [0.2, 0.25) is 0 Å². The van der Waals surface area contributed by atoms with Crippen molar-refractivity contribution < 1.29 is 35.7 Å². The van der Waals surface area contributed by atoms with E-state index >= 15 is 0 Å². The first kappa shape index (κ1) is 28.9. The van der Waals surface area contributed by atoms with Gasteiger partial charge in [-0.3, -0.25) is 4.79 Å². The molecule has 0 radical (unpaired) electrons.